The maximum absolute atomic E-state index is 12.3. The Kier molecular flexibility index (Phi) is 5.95. The summed E-state index contributed by atoms with van der Waals surface area (Å²) in [5.74, 6) is 2.06. The summed E-state index contributed by atoms with van der Waals surface area (Å²) in [5, 5.41) is 9.82. The van der Waals surface area contributed by atoms with Crippen molar-refractivity contribution in [3.63, 3.8) is 0 Å². The molecule has 0 aliphatic carbocycles. The fourth-order valence-electron chi connectivity index (χ4n) is 6.66. The molecule has 1 spiro atoms. The van der Waals surface area contributed by atoms with E-state index in [1.54, 1.807) is 6.20 Å². The van der Waals surface area contributed by atoms with Crippen molar-refractivity contribution in [3.05, 3.63) is 66.6 Å². The molecule has 2 aliphatic rings. The molecule has 1 atom stereocenters. The Bertz CT molecular complexity index is 1680. The Morgan fingerprint density at radius 2 is 1.93 bits per heavy atom. The van der Waals surface area contributed by atoms with Crippen LogP contribution >= 0.6 is 0 Å². The van der Waals surface area contributed by atoms with E-state index >= 15 is 0 Å². The van der Waals surface area contributed by atoms with Crippen molar-refractivity contribution in [1.29, 1.82) is 0 Å². The third-order valence-electron chi connectivity index (χ3n) is 8.81. The number of amides is 1. The first-order valence-corrected chi connectivity index (χ1v) is 14.1. The van der Waals surface area contributed by atoms with E-state index in [1.165, 1.54) is 0 Å². The quantitative estimate of drug-likeness (QED) is 0.292. The molecule has 2 saturated heterocycles. The normalized spacial score (nSPS) is 17.8. The predicted molar refractivity (Wildman–Crippen MR) is 155 cm³/mol. The first-order valence-electron chi connectivity index (χ1n) is 14.1. The van der Waals surface area contributed by atoms with Crippen LogP contribution < -0.4 is 9.64 Å². The second kappa shape index (κ2) is 9.66. The fraction of sp³-hybridized carbons (Fsp3) is 0.355. The summed E-state index contributed by atoms with van der Waals surface area (Å²) in [6, 6.07) is 14.2. The van der Waals surface area contributed by atoms with Crippen LogP contribution in [0.3, 0.4) is 0 Å². The van der Waals surface area contributed by atoms with Crippen LogP contribution in [0.4, 0.5) is 5.82 Å². The number of nitrogens with zero attached hydrogens (tertiary/aromatic N) is 5. The van der Waals surface area contributed by atoms with E-state index in [0.29, 0.717) is 12.3 Å². The molecule has 0 saturated carbocycles. The Morgan fingerprint density at radius 3 is 2.73 bits per heavy atom. The highest BCUT2D eigenvalue weighted by molar-refractivity contribution is 5.93. The second-order valence-electron chi connectivity index (χ2n) is 10.9. The van der Waals surface area contributed by atoms with E-state index in [2.05, 4.69) is 55.9 Å². The first-order chi connectivity index (χ1) is 19.5. The number of ether oxygens (including phenoxy) is 1. The van der Waals surface area contributed by atoms with Gasteiger partial charge < -0.3 is 19.5 Å². The molecule has 2 N–H and O–H groups in total. The molecule has 1 aromatic carbocycles. The molecule has 0 bridgehead atoms. The number of pyridine rings is 2. The lowest BCUT2D eigenvalue weighted by molar-refractivity contribution is -0.131. The Morgan fingerprint density at radius 1 is 1.05 bits per heavy atom. The van der Waals surface area contributed by atoms with Gasteiger partial charge in [0.15, 0.2) is 0 Å². The zero-order valence-corrected chi connectivity index (χ0v) is 22.9. The van der Waals surface area contributed by atoms with Gasteiger partial charge in [0, 0.05) is 72.1 Å². The van der Waals surface area contributed by atoms with Gasteiger partial charge in [0.05, 0.1) is 5.52 Å². The van der Waals surface area contributed by atoms with Gasteiger partial charge in [0.25, 0.3) is 0 Å². The standard InChI is InChI=1S/C31H33N7O2/c1-3-38-28(39)8-11-31(38)12-16-37(17-13-31)27-7-4-21(19-34-27)29-25-18-22(5-6-26(25)35-36-29)40-20(2)23-9-14-32-30-24(23)10-15-33-30/h4-7,9-10,14-15,18-20H,3,8,11-13,16-17H2,1-2H3,(H,32,33)(H,35,36)/t20-/m1/s1. The number of likely N-dealkylation sites (tertiary alicyclic amines) is 1. The highest BCUT2D eigenvalue weighted by atomic mass is 16.5. The van der Waals surface area contributed by atoms with Gasteiger partial charge in [-0.15, -0.1) is 0 Å². The third-order valence-corrected chi connectivity index (χ3v) is 8.81. The molecule has 6 heterocycles. The van der Waals surface area contributed by atoms with Gasteiger partial charge in [-0.25, -0.2) is 9.97 Å². The zero-order chi connectivity index (χ0) is 27.3. The molecule has 0 radical (unpaired) electrons. The van der Waals surface area contributed by atoms with Gasteiger partial charge in [-0.05, 0) is 75.6 Å². The topological polar surface area (TPSA) is 103 Å². The number of carbonyl (C=O) groups is 1. The molecule has 1 amide bonds. The van der Waals surface area contributed by atoms with Gasteiger partial charge in [-0.1, -0.05) is 0 Å². The van der Waals surface area contributed by atoms with E-state index in [9.17, 15) is 4.79 Å². The minimum atomic E-state index is -0.148. The maximum atomic E-state index is 12.3. The van der Waals surface area contributed by atoms with Crippen molar-refractivity contribution >= 4 is 33.7 Å². The molecular weight excluding hydrogens is 502 g/mol. The van der Waals surface area contributed by atoms with Crippen LogP contribution in [0.25, 0.3) is 33.2 Å². The summed E-state index contributed by atoms with van der Waals surface area (Å²) in [4.78, 5) is 29.1. The lowest BCUT2D eigenvalue weighted by Gasteiger charge is -2.45. The number of piperidine rings is 1. The number of fused-ring (bicyclic) bond motifs is 2. The SMILES string of the molecule is CCN1C(=O)CCC12CCN(c1ccc(-c3n[nH]c4ccc(O[C@H](C)c5ccnc6[nH]ccc56)cc34)cn1)CC2. The van der Waals surface area contributed by atoms with Gasteiger partial charge in [-0.2, -0.15) is 5.10 Å². The van der Waals surface area contributed by atoms with E-state index in [1.807, 2.05) is 42.7 Å². The van der Waals surface area contributed by atoms with E-state index in [4.69, 9.17) is 9.72 Å². The van der Waals surface area contributed by atoms with Crippen molar-refractivity contribution in [3.8, 4) is 17.0 Å². The first kappa shape index (κ1) is 24.6. The molecular formula is C31H33N7O2. The molecule has 2 aliphatic heterocycles. The van der Waals surface area contributed by atoms with Crippen LogP contribution in [0.2, 0.25) is 0 Å². The lowest BCUT2D eigenvalue weighted by atomic mass is 9.85. The fourth-order valence-corrected chi connectivity index (χ4v) is 6.66. The van der Waals surface area contributed by atoms with Crippen molar-refractivity contribution in [2.24, 2.45) is 0 Å². The monoisotopic (exact) mass is 535 g/mol. The molecule has 4 aromatic heterocycles. The lowest BCUT2D eigenvalue weighted by Crippen LogP contribution is -2.53. The molecule has 9 heteroatoms. The summed E-state index contributed by atoms with van der Waals surface area (Å²) in [6.45, 7) is 6.76. The van der Waals surface area contributed by atoms with Gasteiger partial charge in [0.2, 0.25) is 5.91 Å². The van der Waals surface area contributed by atoms with E-state index in [0.717, 1.165) is 89.2 Å². The molecule has 7 rings (SSSR count). The average molecular weight is 536 g/mol. The van der Waals surface area contributed by atoms with Crippen LogP contribution in [-0.4, -0.2) is 61.1 Å². The second-order valence-corrected chi connectivity index (χ2v) is 10.9. The predicted octanol–water partition coefficient (Wildman–Crippen LogP) is 5.62. The number of hydrogen-bond donors (Lipinski definition) is 2. The molecule has 40 heavy (non-hydrogen) atoms. The number of nitrogens with one attached hydrogen (secondary N) is 2. The number of hydrogen-bond acceptors (Lipinski definition) is 6. The highest BCUT2D eigenvalue weighted by Crippen LogP contribution is 2.40. The summed E-state index contributed by atoms with van der Waals surface area (Å²) < 4.78 is 6.38. The number of benzene rings is 1. The number of aromatic nitrogens is 5. The molecule has 9 nitrogen and oxygen atoms in total. The minimum absolute atomic E-state index is 0.0402. The largest absolute Gasteiger partial charge is 0.486 e. The molecule has 204 valence electrons. The molecule has 2 fully saturated rings. The van der Waals surface area contributed by atoms with Gasteiger partial charge in [0.1, 0.15) is 29.0 Å². The Hall–Kier alpha value is -4.40. The molecule has 5 aromatic rings. The number of anilines is 1. The van der Waals surface area contributed by atoms with Gasteiger partial charge >= 0.3 is 0 Å². The summed E-state index contributed by atoms with van der Waals surface area (Å²) in [7, 11) is 0. The summed E-state index contributed by atoms with van der Waals surface area (Å²) >= 11 is 0. The van der Waals surface area contributed by atoms with Crippen LogP contribution in [0.1, 0.15) is 51.2 Å². The zero-order valence-electron chi connectivity index (χ0n) is 22.9. The summed E-state index contributed by atoms with van der Waals surface area (Å²) in [5.41, 5.74) is 4.74. The number of carbonyl (C=O) groups excluding carboxylic acids is 1. The van der Waals surface area contributed by atoms with Gasteiger partial charge in [-0.3, -0.25) is 9.89 Å². The van der Waals surface area contributed by atoms with E-state index < -0.39 is 0 Å². The average Bonchev–Trinajstić information content (AvgIpc) is 3.71. The third kappa shape index (κ3) is 4.08. The van der Waals surface area contributed by atoms with Crippen molar-refractivity contribution in [2.45, 2.75) is 51.2 Å². The van der Waals surface area contributed by atoms with Crippen molar-refractivity contribution in [1.82, 2.24) is 30.0 Å². The number of rotatable bonds is 6. The maximum Gasteiger partial charge on any atom is 0.223 e. The minimum Gasteiger partial charge on any atom is -0.486 e. The Balaban J connectivity index is 1.08. The van der Waals surface area contributed by atoms with Crippen LogP contribution in [0, 0.1) is 0 Å². The highest BCUT2D eigenvalue weighted by Gasteiger charge is 2.46. The molecule has 0 unspecified atom stereocenters. The smallest absolute Gasteiger partial charge is 0.223 e. The van der Waals surface area contributed by atoms with Crippen LogP contribution in [0.5, 0.6) is 5.75 Å². The van der Waals surface area contributed by atoms with Crippen molar-refractivity contribution < 1.29 is 9.53 Å². The van der Waals surface area contributed by atoms with E-state index in [-0.39, 0.29) is 11.6 Å². The number of aromatic amines is 2. The van der Waals surface area contributed by atoms with Crippen molar-refractivity contribution in [2.75, 3.05) is 24.5 Å². The Labute approximate surface area is 232 Å². The number of H-pyrrole nitrogens is 2. The van der Waals surface area contributed by atoms with Crippen LogP contribution in [0.15, 0.2) is 61.1 Å². The summed E-state index contributed by atoms with van der Waals surface area (Å²) in [6.07, 6.45) is 9.12. The van der Waals surface area contributed by atoms with Crippen LogP contribution in [-0.2, 0) is 4.79 Å².